The van der Waals surface area contributed by atoms with Gasteiger partial charge in [0.2, 0.25) is 0 Å². The van der Waals surface area contributed by atoms with E-state index < -0.39 is 11.7 Å². The Morgan fingerprint density at radius 2 is 1.77 bits per heavy atom. The monoisotopic (exact) mass is 488 g/mol. The third kappa shape index (κ3) is 5.05. The van der Waals surface area contributed by atoms with Gasteiger partial charge in [-0.3, -0.25) is 0 Å². The number of aryl methyl sites for hydroxylation is 1. The molecule has 0 aliphatic rings. The molecule has 1 atom stereocenters. The molecule has 0 heterocycles. The fourth-order valence-electron chi connectivity index (χ4n) is 3.59. The number of esters is 1. The van der Waals surface area contributed by atoms with E-state index in [1.165, 1.54) is 0 Å². The van der Waals surface area contributed by atoms with Crippen molar-refractivity contribution in [2.45, 2.75) is 46.3 Å². The standard InChI is InChI=1S/C25H26BrClO3/c1-6-29-24(28)23(30-25(3,4)5)21-15(2)13-17-7-10-18(26)14-20(17)22(21)16-8-11-19(27)12-9-16/h7-14,23H,6H2,1-5H3/t23-/m0/s1. The molecule has 0 bridgehead atoms. The van der Waals surface area contributed by atoms with Gasteiger partial charge < -0.3 is 9.47 Å². The molecule has 0 saturated carbocycles. The van der Waals surface area contributed by atoms with Crippen molar-refractivity contribution in [3.05, 3.63) is 69.2 Å². The molecule has 0 spiro atoms. The van der Waals surface area contributed by atoms with Gasteiger partial charge in [-0.05, 0) is 86.3 Å². The van der Waals surface area contributed by atoms with Crippen molar-refractivity contribution in [1.29, 1.82) is 0 Å². The molecule has 0 aliphatic carbocycles. The lowest BCUT2D eigenvalue weighted by atomic mass is 9.87. The van der Waals surface area contributed by atoms with E-state index in [2.05, 4.69) is 34.1 Å². The van der Waals surface area contributed by atoms with Crippen LogP contribution >= 0.6 is 27.5 Å². The second kappa shape index (κ2) is 9.09. The molecule has 0 N–H and O–H groups in total. The van der Waals surface area contributed by atoms with Crippen LogP contribution in [0.4, 0.5) is 0 Å². The average molecular weight is 490 g/mol. The highest BCUT2D eigenvalue weighted by Crippen LogP contribution is 2.41. The van der Waals surface area contributed by atoms with Gasteiger partial charge in [0.15, 0.2) is 6.10 Å². The Balaban J connectivity index is 2.38. The fourth-order valence-corrected chi connectivity index (χ4v) is 4.07. The number of hydrogen-bond acceptors (Lipinski definition) is 3. The molecule has 0 fully saturated rings. The summed E-state index contributed by atoms with van der Waals surface area (Å²) in [6.07, 6.45) is -0.848. The van der Waals surface area contributed by atoms with Gasteiger partial charge in [-0.1, -0.05) is 51.8 Å². The lowest BCUT2D eigenvalue weighted by Crippen LogP contribution is -2.29. The summed E-state index contributed by atoms with van der Waals surface area (Å²) < 4.78 is 12.6. The van der Waals surface area contributed by atoms with Crippen LogP contribution in [0, 0.1) is 6.92 Å². The van der Waals surface area contributed by atoms with Crippen molar-refractivity contribution in [2.75, 3.05) is 6.61 Å². The van der Waals surface area contributed by atoms with E-state index in [0.29, 0.717) is 5.02 Å². The van der Waals surface area contributed by atoms with E-state index in [1.807, 2.05) is 58.0 Å². The van der Waals surface area contributed by atoms with Crippen molar-refractivity contribution in [2.24, 2.45) is 0 Å². The molecule has 3 aromatic rings. The van der Waals surface area contributed by atoms with Crippen LogP contribution in [0.5, 0.6) is 0 Å². The topological polar surface area (TPSA) is 35.5 Å². The molecule has 0 aliphatic heterocycles. The first-order valence-corrected chi connectivity index (χ1v) is 11.1. The van der Waals surface area contributed by atoms with Gasteiger partial charge in [0.25, 0.3) is 0 Å². The number of benzene rings is 3. The zero-order valence-corrected chi connectivity index (χ0v) is 20.2. The average Bonchev–Trinajstić information content (AvgIpc) is 2.66. The smallest absolute Gasteiger partial charge is 0.339 e. The van der Waals surface area contributed by atoms with Gasteiger partial charge in [-0.15, -0.1) is 0 Å². The summed E-state index contributed by atoms with van der Waals surface area (Å²) in [5.41, 5.74) is 3.17. The summed E-state index contributed by atoms with van der Waals surface area (Å²) in [5, 5.41) is 2.77. The van der Waals surface area contributed by atoms with Crippen LogP contribution in [0.25, 0.3) is 21.9 Å². The van der Waals surface area contributed by atoms with Gasteiger partial charge >= 0.3 is 5.97 Å². The van der Waals surface area contributed by atoms with E-state index in [1.54, 1.807) is 6.92 Å². The number of carbonyl (C=O) groups excluding carboxylic acids is 1. The maximum Gasteiger partial charge on any atom is 0.339 e. The van der Waals surface area contributed by atoms with Crippen LogP contribution in [-0.4, -0.2) is 18.2 Å². The molecule has 0 unspecified atom stereocenters. The molecule has 3 aromatic carbocycles. The minimum atomic E-state index is -0.848. The Bertz CT molecular complexity index is 1070. The molecular formula is C25H26BrClO3. The van der Waals surface area contributed by atoms with Crippen molar-refractivity contribution in [3.8, 4) is 11.1 Å². The summed E-state index contributed by atoms with van der Waals surface area (Å²) in [4.78, 5) is 13.0. The zero-order chi connectivity index (χ0) is 22.1. The normalized spacial score (nSPS) is 12.8. The highest BCUT2D eigenvalue weighted by Gasteiger charge is 2.32. The number of fused-ring (bicyclic) bond motifs is 1. The SMILES string of the molecule is CCOC(=O)[C@@H](OC(C)(C)C)c1c(C)cc2ccc(Br)cc2c1-c1ccc(Cl)cc1. The lowest BCUT2D eigenvalue weighted by Gasteiger charge is -2.29. The van der Waals surface area contributed by atoms with E-state index in [-0.39, 0.29) is 12.6 Å². The van der Waals surface area contributed by atoms with Crippen LogP contribution in [0.3, 0.4) is 0 Å². The van der Waals surface area contributed by atoms with Crippen molar-refractivity contribution in [3.63, 3.8) is 0 Å². The molecule has 5 heteroatoms. The Morgan fingerprint density at radius 1 is 1.10 bits per heavy atom. The van der Waals surface area contributed by atoms with E-state index in [0.717, 1.165) is 37.5 Å². The maximum absolute atomic E-state index is 13.0. The molecule has 0 radical (unpaired) electrons. The highest BCUT2D eigenvalue weighted by atomic mass is 79.9. The molecule has 30 heavy (non-hydrogen) atoms. The summed E-state index contributed by atoms with van der Waals surface area (Å²) in [6, 6.07) is 15.9. The predicted molar refractivity (Wildman–Crippen MR) is 127 cm³/mol. The highest BCUT2D eigenvalue weighted by molar-refractivity contribution is 9.10. The number of ether oxygens (including phenoxy) is 2. The summed E-state index contributed by atoms with van der Waals surface area (Å²) in [6.45, 7) is 9.92. The molecule has 3 nitrogen and oxygen atoms in total. The Morgan fingerprint density at radius 3 is 2.37 bits per heavy atom. The first kappa shape index (κ1) is 22.8. The lowest BCUT2D eigenvalue weighted by molar-refractivity contribution is -0.166. The molecular weight excluding hydrogens is 464 g/mol. The van der Waals surface area contributed by atoms with Crippen molar-refractivity contribution < 1.29 is 14.3 Å². The minimum absolute atomic E-state index is 0.289. The van der Waals surface area contributed by atoms with Crippen LogP contribution in [0.1, 0.15) is 44.9 Å². The first-order chi connectivity index (χ1) is 14.1. The van der Waals surface area contributed by atoms with Gasteiger partial charge in [0.1, 0.15) is 0 Å². The van der Waals surface area contributed by atoms with Crippen LogP contribution in [0.2, 0.25) is 5.02 Å². The fraction of sp³-hybridized carbons (Fsp3) is 0.320. The van der Waals surface area contributed by atoms with Crippen LogP contribution in [-0.2, 0) is 14.3 Å². The van der Waals surface area contributed by atoms with Crippen LogP contribution in [0.15, 0.2) is 53.0 Å². The molecule has 0 amide bonds. The molecule has 3 rings (SSSR count). The Hall–Kier alpha value is -1.88. The van der Waals surface area contributed by atoms with Crippen molar-refractivity contribution in [1.82, 2.24) is 0 Å². The first-order valence-electron chi connectivity index (χ1n) is 9.94. The molecule has 0 aromatic heterocycles. The molecule has 158 valence electrons. The van der Waals surface area contributed by atoms with E-state index in [4.69, 9.17) is 21.1 Å². The number of rotatable bonds is 5. The summed E-state index contributed by atoms with van der Waals surface area (Å²) >= 11 is 9.74. The number of hydrogen-bond donors (Lipinski definition) is 0. The minimum Gasteiger partial charge on any atom is -0.464 e. The summed E-state index contributed by atoms with van der Waals surface area (Å²) in [5.74, 6) is -0.389. The largest absolute Gasteiger partial charge is 0.464 e. The quantitative estimate of drug-likeness (QED) is 0.345. The number of carbonyl (C=O) groups is 1. The Labute approximate surface area is 191 Å². The van der Waals surface area contributed by atoms with Crippen molar-refractivity contribution >= 4 is 44.3 Å². The van der Waals surface area contributed by atoms with Crippen LogP contribution < -0.4 is 0 Å². The second-order valence-electron chi connectivity index (χ2n) is 8.22. The third-order valence-electron chi connectivity index (χ3n) is 4.72. The Kier molecular flexibility index (Phi) is 6.91. The molecule has 0 saturated heterocycles. The second-order valence-corrected chi connectivity index (χ2v) is 9.57. The van der Waals surface area contributed by atoms with Gasteiger partial charge in [0.05, 0.1) is 12.2 Å². The zero-order valence-electron chi connectivity index (χ0n) is 17.9. The number of halogens is 2. The summed E-state index contributed by atoms with van der Waals surface area (Å²) in [7, 11) is 0. The van der Waals surface area contributed by atoms with E-state index in [9.17, 15) is 4.79 Å². The maximum atomic E-state index is 13.0. The van der Waals surface area contributed by atoms with E-state index >= 15 is 0 Å². The van der Waals surface area contributed by atoms with Gasteiger partial charge in [-0.2, -0.15) is 0 Å². The predicted octanol–water partition coefficient (Wildman–Crippen LogP) is 7.65. The van der Waals surface area contributed by atoms with Gasteiger partial charge in [-0.25, -0.2) is 4.79 Å². The third-order valence-corrected chi connectivity index (χ3v) is 5.46. The van der Waals surface area contributed by atoms with Gasteiger partial charge in [0, 0.05) is 15.1 Å².